The van der Waals surface area contributed by atoms with E-state index in [1.807, 2.05) is 13.8 Å². The molecule has 2 heterocycles. The minimum atomic E-state index is -3.39. The number of nitrogens with zero attached hydrogens (tertiary/aromatic N) is 1. The van der Waals surface area contributed by atoms with Crippen LogP contribution in [0.2, 0.25) is 5.02 Å². The lowest BCUT2D eigenvalue weighted by Gasteiger charge is -2.37. The van der Waals surface area contributed by atoms with Crippen LogP contribution in [0.5, 0.6) is 0 Å². The third-order valence-electron chi connectivity index (χ3n) is 7.94. The first-order chi connectivity index (χ1) is 19.5. The van der Waals surface area contributed by atoms with Crippen LogP contribution in [0.15, 0.2) is 42.5 Å². The summed E-state index contributed by atoms with van der Waals surface area (Å²) in [6.07, 6.45) is 1.24. The Morgan fingerprint density at radius 3 is 2.61 bits per heavy atom. The highest BCUT2D eigenvalue weighted by molar-refractivity contribution is 7.89. The van der Waals surface area contributed by atoms with E-state index in [4.69, 9.17) is 16.3 Å². The van der Waals surface area contributed by atoms with Crippen molar-refractivity contribution in [2.45, 2.75) is 63.6 Å². The number of alkyl carbamates (subject to hydrolysis) is 1. The van der Waals surface area contributed by atoms with Gasteiger partial charge in [-0.15, -0.1) is 0 Å². The lowest BCUT2D eigenvalue weighted by atomic mass is 9.82. The standard InChI is InChI=1S/C29H38ClFN4O5S/c1-18(2)26(19-9-11-20(30)12-10-19)27(34-29(37)40-3)28(36)33-25-8-4-7-24(31)23(25)14-13-22-16-32-21-6-5-15-41(38,39)35(22)17-21/h4,7-12,18,21-22,26-27,32H,5-6,13-17H2,1-3H3,(H,33,36)(H,34,37)/t21?,22?,26-,27+/m1/s1. The quantitative estimate of drug-likeness (QED) is 0.391. The van der Waals surface area contributed by atoms with Crippen LogP contribution in [-0.4, -0.2) is 68.8 Å². The highest BCUT2D eigenvalue weighted by Crippen LogP contribution is 2.31. The zero-order valence-electron chi connectivity index (χ0n) is 23.5. The van der Waals surface area contributed by atoms with E-state index >= 15 is 4.39 Å². The number of halogens is 2. The van der Waals surface area contributed by atoms with Gasteiger partial charge < -0.3 is 20.7 Å². The molecule has 2 bridgehead atoms. The number of nitrogens with one attached hydrogen (secondary N) is 3. The minimum Gasteiger partial charge on any atom is -0.453 e. The summed E-state index contributed by atoms with van der Waals surface area (Å²) in [5, 5.41) is 9.46. The van der Waals surface area contributed by atoms with E-state index in [1.54, 1.807) is 34.6 Å². The van der Waals surface area contributed by atoms with Gasteiger partial charge in [-0.2, -0.15) is 4.31 Å². The number of piperazine rings is 1. The zero-order valence-corrected chi connectivity index (χ0v) is 25.1. The average molecular weight is 609 g/mol. The number of amides is 2. The molecule has 12 heteroatoms. The van der Waals surface area contributed by atoms with E-state index in [1.165, 1.54) is 19.2 Å². The lowest BCUT2D eigenvalue weighted by molar-refractivity contribution is -0.118. The Hall–Kier alpha value is -2.73. The molecule has 9 nitrogen and oxygen atoms in total. The molecular weight excluding hydrogens is 571 g/mol. The summed E-state index contributed by atoms with van der Waals surface area (Å²) in [6, 6.07) is 10.2. The maximum atomic E-state index is 15.2. The average Bonchev–Trinajstić information content (AvgIpc) is 3.04. The van der Waals surface area contributed by atoms with Crippen molar-refractivity contribution in [3.63, 3.8) is 0 Å². The van der Waals surface area contributed by atoms with Crippen molar-refractivity contribution < 1.29 is 27.1 Å². The largest absolute Gasteiger partial charge is 0.453 e. The number of ether oxygens (including phenoxy) is 1. The number of benzene rings is 2. The van der Waals surface area contributed by atoms with Crippen molar-refractivity contribution in [3.8, 4) is 0 Å². The van der Waals surface area contributed by atoms with Crippen molar-refractivity contribution in [3.05, 3.63) is 64.4 Å². The summed E-state index contributed by atoms with van der Waals surface area (Å²) in [4.78, 5) is 26.1. The highest BCUT2D eigenvalue weighted by atomic mass is 35.5. The van der Waals surface area contributed by atoms with Gasteiger partial charge in [0.1, 0.15) is 11.9 Å². The summed E-state index contributed by atoms with van der Waals surface area (Å²) < 4.78 is 47.3. The molecular formula is C29H38ClFN4O5S. The number of carbonyl (C=O) groups is 2. The first kappa shape index (κ1) is 31.2. The topological polar surface area (TPSA) is 117 Å². The van der Waals surface area contributed by atoms with Gasteiger partial charge in [0.2, 0.25) is 15.9 Å². The number of anilines is 1. The fraction of sp³-hybridized carbons (Fsp3) is 0.517. The zero-order chi connectivity index (χ0) is 29.7. The van der Waals surface area contributed by atoms with Crippen LogP contribution in [0.3, 0.4) is 0 Å². The molecule has 4 rings (SSSR count). The van der Waals surface area contributed by atoms with Crippen molar-refractivity contribution in [2.24, 2.45) is 5.92 Å². The molecule has 41 heavy (non-hydrogen) atoms. The van der Waals surface area contributed by atoms with Crippen LogP contribution in [0, 0.1) is 11.7 Å². The van der Waals surface area contributed by atoms with E-state index < -0.39 is 39.8 Å². The van der Waals surface area contributed by atoms with Gasteiger partial charge in [0.25, 0.3) is 0 Å². The molecule has 2 saturated heterocycles. The number of carbonyl (C=O) groups excluding carboxylic acids is 2. The van der Waals surface area contributed by atoms with Gasteiger partial charge in [0, 0.05) is 47.4 Å². The van der Waals surface area contributed by atoms with E-state index in [-0.39, 0.29) is 41.4 Å². The van der Waals surface area contributed by atoms with Crippen molar-refractivity contribution >= 4 is 39.3 Å². The van der Waals surface area contributed by atoms with Gasteiger partial charge in [-0.3, -0.25) is 4.79 Å². The molecule has 3 N–H and O–H groups in total. The van der Waals surface area contributed by atoms with Gasteiger partial charge in [-0.1, -0.05) is 43.6 Å². The van der Waals surface area contributed by atoms with Gasteiger partial charge in [-0.25, -0.2) is 17.6 Å². The molecule has 0 aromatic heterocycles. The first-order valence-electron chi connectivity index (χ1n) is 13.9. The van der Waals surface area contributed by atoms with Crippen LogP contribution in [0.1, 0.15) is 50.2 Å². The van der Waals surface area contributed by atoms with Crippen molar-refractivity contribution in [2.75, 3.05) is 31.3 Å². The van der Waals surface area contributed by atoms with Gasteiger partial charge in [0.15, 0.2) is 0 Å². The Labute approximate surface area is 246 Å². The third-order valence-corrected chi connectivity index (χ3v) is 10.2. The summed E-state index contributed by atoms with van der Waals surface area (Å²) in [6.45, 7) is 4.77. The molecule has 2 aliphatic heterocycles. The molecule has 0 aliphatic carbocycles. The molecule has 3 unspecified atom stereocenters. The van der Waals surface area contributed by atoms with Crippen LogP contribution in [0.4, 0.5) is 14.9 Å². The smallest absolute Gasteiger partial charge is 0.407 e. The van der Waals surface area contributed by atoms with Crippen LogP contribution >= 0.6 is 11.6 Å². The maximum Gasteiger partial charge on any atom is 0.407 e. The summed E-state index contributed by atoms with van der Waals surface area (Å²) >= 11 is 6.08. The molecule has 0 saturated carbocycles. The van der Waals surface area contributed by atoms with Gasteiger partial charge in [-0.05, 0) is 61.4 Å². The van der Waals surface area contributed by atoms with Crippen LogP contribution in [-0.2, 0) is 26.0 Å². The number of fused-ring (bicyclic) bond motifs is 2. The van der Waals surface area contributed by atoms with Crippen molar-refractivity contribution in [1.82, 2.24) is 14.9 Å². The second-order valence-electron chi connectivity index (χ2n) is 11.0. The Morgan fingerprint density at radius 1 is 1.20 bits per heavy atom. The fourth-order valence-corrected chi connectivity index (χ4v) is 7.78. The Balaban J connectivity index is 1.57. The number of sulfonamides is 1. The predicted octanol–water partition coefficient (Wildman–Crippen LogP) is 4.28. The molecule has 2 aromatic carbocycles. The molecule has 224 valence electrons. The SMILES string of the molecule is COC(=O)N[C@H](C(=O)Nc1cccc(F)c1CCC1CNC2CCCS(=O)(=O)N1C2)[C@@H](c1ccc(Cl)cc1)C(C)C. The van der Waals surface area contributed by atoms with E-state index in [0.29, 0.717) is 31.0 Å². The first-order valence-corrected chi connectivity index (χ1v) is 15.9. The molecule has 2 aromatic rings. The number of methoxy groups -OCH3 is 1. The summed E-state index contributed by atoms with van der Waals surface area (Å²) in [5.41, 5.74) is 1.34. The second kappa shape index (κ2) is 13.5. The maximum absolute atomic E-state index is 15.2. The third kappa shape index (κ3) is 7.57. The molecule has 2 amide bonds. The molecule has 0 radical (unpaired) electrons. The minimum absolute atomic E-state index is 0.0748. The van der Waals surface area contributed by atoms with Crippen molar-refractivity contribution in [1.29, 1.82) is 0 Å². The predicted molar refractivity (Wildman–Crippen MR) is 157 cm³/mol. The Morgan fingerprint density at radius 2 is 1.93 bits per heavy atom. The molecule has 2 aliphatic rings. The summed E-state index contributed by atoms with van der Waals surface area (Å²) in [5.74, 6) is -1.44. The van der Waals surface area contributed by atoms with E-state index in [9.17, 15) is 18.0 Å². The number of hydrogen-bond acceptors (Lipinski definition) is 6. The van der Waals surface area contributed by atoms with Crippen LogP contribution < -0.4 is 16.0 Å². The summed E-state index contributed by atoms with van der Waals surface area (Å²) in [7, 11) is -2.17. The normalized spacial score (nSPS) is 23.2. The van der Waals surface area contributed by atoms with Gasteiger partial charge in [0.05, 0.1) is 12.9 Å². The van der Waals surface area contributed by atoms with Crippen LogP contribution in [0.25, 0.3) is 0 Å². The number of rotatable bonds is 9. The second-order valence-corrected chi connectivity index (χ2v) is 13.5. The number of hydrogen-bond donors (Lipinski definition) is 3. The monoisotopic (exact) mass is 608 g/mol. The Kier molecular flexibility index (Phi) is 10.3. The highest BCUT2D eigenvalue weighted by Gasteiger charge is 2.38. The Bertz CT molecular complexity index is 1340. The lowest BCUT2D eigenvalue weighted by Crippen LogP contribution is -2.57. The fourth-order valence-electron chi connectivity index (χ4n) is 5.85. The van der Waals surface area contributed by atoms with E-state index in [0.717, 1.165) is 12.0 Å². The molecule has 0 spiro atoms. The molecule has 5 atom stereocenters. The van der Waals surface area contributed by atoms with Gasteiger partial charge >= 0.3 is 6.09 Å². The van der Waals surface area contributed by atoms with E-state index in [2.05, 4.69) is 16.0 Å². The molecule has 2 fully saturated rings.